The van der Waals surface area contributed by atoms with Crippen molar-refractivity contribution in [1.82, 2.24) is 0 Å². The maximum atomic E-state index is 10.3. The van der Waals surface area contributed by atoms with Gasteiger partial charge in [-0.15, -0.1) is 11.8 Å². The molecule has 0 aromatic rings. The van der Waals surface area contributed by atoms with E-state index in [-0.39, 0.29) is 49.6 Å². The molecule has 0 amide bonds. The number of ether oxygens (including phenoxy) is 2. The summed E-state index contributed by atoms with van der Waals surface area (Å²) in [4.78, 5) is 42.3. The van der Waals surface area contributed by atoms with Crippen LogP contribution in [0.4, 0.5) is 0 Å². The van der Waals surface area contributed by atoms with Gasteiger partial charge in [0, 0.05) is 12.2 Å². The predicted molar refractivity (Wildman–Crippen MR) is 90.9 cm³/mol. The minimum atomic E-state index is -4.64. The van der Waals surface area contributed by atoms with E-state index in [0.717, 1.165) is 12.2 Å². The standard InChI is InChI=1S/2C7H11O2.Ca.H3O4P/c2*1-4-7(8)9-5-6(2)3;;1-5(2,3)4/h2*4-6H,1H2,2-3H3;;(H3,1,2,3,4)/q2*-1;+2;. The second kappa shape index (κ2) is 19.1. The molecule has 0 spiro atoms. The van der Waals surface area contributed by atoms with Gasteiger partial charge in [0.1, 0.15) is 0 Å². The van der Waals surface area contributed by atoms with Gasteiger partial charge < -0.3 is 24.2 Å². The molecule has 0 fully saturated rings. The van der Waals surface area contributed by atoms with E-state index in [9.17, 15) is 9.59 Å². The number of carbonyl (C=O) groups excluding carboxylic acids is 2. The minimum absolute atomic E-state index is 0. The summed E-state index contributed by atoms with van der Waals surface area (Å²) >= 11 is 0. The molecule has 0 heterocycles. The topological polar surface area (TPSA) is 130 Å². The second-order valence-corrected chi connectivity index (χ2v) is 5.58. The molecule has 0 unspecified atom stereocenters. The summed E-state index contributed by atoms with van der Waals surface area (Å²) in [6, 6.07) is 0. The summed E-state index contributed by atoms with van der Waals surface area (Å²) in [5, 5.41) is 0. The maximum Gasteiger partial charge on any atom is 2.00 e. The van der Waals surface area contributed by atoms with Crippen LogP contribution in [0.3, 0.4) is 0 Å². The van der Waals surface area contributed by atoms with Crippen LogP contribution < -0.4 is 0 Å². The van der Waals surface area contributed by atoms with E-state index in [0.29, 0.717) is 0 Å². The van der Waals surface area contributed by atoms with Crippen molar-refractivity contribution in [2.45, 2.75) is 27.7 Å². The van der Waals surface area contributed by atoms with Crippen molar-refractivity contribution in [3.8, 4) is 0 Å². The average molecular weight is 392 g/mol. The second-order valence-electron chi connectivity index (χ2n) is 4.56. The minimum Gasteiger partial charge on any atom is -0.634 e. The molecule has 0 aromatic heterocycles. The van der Waals surface area contributed by atoms with E-state index < -0.39 is 19.8 Å². The molecule has 0 saturated carbocycles. The number of hydrogen-bond acceptors (Lipinski definition) is 5. The van der Waals surface area contributed by atoms with Crippen molar-refractivity contribution in [2.75, 3.05) is 0 Å². The van der Waals surface area contributed by atoms with Crippen LogP contribution in [0.15, 0.2) is 25.3 Å². The van der Waals surface area contributed by atoms with E-state index in [1.165, 1.54) is 13.2 Å². The predicted octanol–water partition coefficient (Wildman–Crippen LogP) is 1.76. The molecule has 0 atom stereocenters. The van der Waals surface area contributed by atoms with Gasteiger partial charge in [-0.3, -0.25) is 0 Å². The van der Waals surface area contributed by atoms with Crippen molar-refractivity contribution < 1.29 is 38.3 Å². The summed E-state index contributed by atoms with van der Waals surface area (Å²) in [6.07, 6.45) is 2.28. The fourth-order valence-corrected chi connectivity index (χ4v) is 0.503. The van der Waals surface area contributed by atoms with E-state index in [2.05, 4.69) is 22.6 Å². The first kappa shape index (κ1) is 31.5. The van der Waals surface area contributed by atoms with E-state index >= 15 is 0 Å². The van der Waals surface area contributed by atoms with Crippen LogP contribution in [0.25, 0.3) is 0 Å². The molecule has 3 N–H and O–H groups in total. The summed E-state index contributed by atoms with van der Waals surface area (Å²) < 4.78 is 18.0. The van der Waals surface area contributed by atoms with E-state index in [1.807, 2.05) is 27.7 Å². The molecule has 0 rings (SSSR count). The van der Waals surface area contributed by atoms with Gasteiger partial charge in [0.25, 0.3) is 11.9 Å². The first-order chi connectivity index (χ1) is 10.3. The Balaban J connectivity index is -0.000000128. The Kier molecular flexibility index (Phi) is 25.1. The van der Waals surface area contributed by atoms with Gasteiger partial charge in [-0.1, -0.05) is 40.9 Å². The molecule has 0 aliphatic heterocycles. The molecule has 24 heavy (non-hydrogen) atoms. The normalized spacial score (nSPS) is 9.38. The van der Waals surface area contributed by atoms with E-state index in [1.54, 1.807) is 0 Å². The van der Waals surface area contributed by atoms with Crippen molar-refractivity contribution in [1.29, 1.82) is 0 Å². The monoisotopic (exact) mass is 392 g/mol. The van der Waals surface area contributed by atoms with Crippen molar-refractivity contribution in [2.24, 2.45) is 11.8 Å². The summed E-state index contributed by atoms with van der Waals surface area (Å²) in [5.74, 6) is -0.254. The third-order valence-electron chi connectivity index (χ3n) is 1.25. The number of carbonyl (C=O) groups is 2. The molecule has 136 valence electrons. The Bertz CT molecular complexity index is 367. The Hall–Kier alpha value is -0.210. The Labute approximate surface area is 173 Å². The van der Waals surface area contributed by atoms with Gasteiger partial charge >= 0.3 is 45.6 Å². The summed E-state index contributed by atoms with van der Waals surface area (Å²) in [7, 11) is -4.64. The van der Waals surface area contributed by atoms with Crippen molar-refractivity contribution in [3.05, 3.63) is 38.5 Å². The number of hydrogen-bond donors (Lipinski definition) is 3. The van der Waals surface area contributed by atoms with Gasteiger partial charge in [-0.05, 0) is 0 Å². The van der Waals surface area contributed by atoms with Gasteiger partial charge in [-0.25, -0.2) is 14.2 Å². The molecule has 0 radical (unpaired) electrons. The van der Waals surface area contributed by atoms with E-state index in [4.69, 9.17) is 19.2 Å². The third kappa shape index (κ3) is 49.5. The molecule has 10 heteroatoms. The van der Waals surface area contributed by atoms with Crippen LogP contribution >= 0.6 is 7.82 Å². The summed E-state index contributed by atoms with van der Waals surface area (Å²) in [5.41, 5.74) is 0. The van der Waals surface area contributed by atoms with Gasteiger partial charge in [0.15, 0.2) is 0 Å². The van der Waals surface area contributed by atoms with Gasteiger partial charge in [0.05, 0.1) is 0 Å². The first-order valence-electron chi connectivity index (χ1n) is 6.44. The molecule has 0 bridgehead atoms. The number of rotatable bonds is 6. The van der Waals surface area contributed by atoms with Crippen LogP contribution in [0.1, 0.15) is 27.7 Å². The molecule has 0 saturated heterocycles. The zero-order valence-corrected chi connectivity index (χ0v) is 17.5. The van der Waals surface area contributed by atoms with Gasteiger partial charge in [0.2, 0.25) is 0 Å². The SMILES string of the molecule is C=CC(=O)O[CH-]C(C)C.C=CC(=O)O[CH-]C(C)C.O=P(O)(O)O.[Ca+2]. The number of esters is 2. The average Bonchev–Trinajstić information content (AvgIpc) is 2.40. The van der Waals surface area contributed by atoms with Crippen LogP contribution in [0.5, 0.6) is 0 Å². The zero-order chi connectivity index (χ0) is 19.1. The van der Waals surface area contributed by atoms with Crippen LogP contribution in [-0.2, 0) is 23.6 Å². The molecule has 0 aliphatic rings. The van der Waals surface area contributed by atoms with Crippen molar-refractivity contribution >= 4 is 57.5 Å². The fraction of sp³-hybridized carbons (Fsp3) is 0.429. The third-order valence-corrected chi connectivity index (χ3v) is 1.25. The quantitative estimate of drug-likeness (QED) is 0.205. The zero-order valence-electron chi connectivity index (χ0n) is 14.4. The largest absolute Gasteiger partial charge is 2.00 e. The maximum absolute atomic E-state index is 10.3. The van der Waals surface area contributed by atoms with Crippen LogP contribution in [-0.4, -0.2) is 64.4 Å². The fourth-order valence-electron chi connectivity index (χ4n) is 0.503. The smallest absolute Gasteiger partial charge is 0.634 e. The van der Waals surface area contributed by atoms with Crippen LogP contribution in [0, 0.1) is 25.0 Å². The summed E-state index contributed by atoms with van der Waals surface area (Å²) in [6.45, 7) is 17.1. The molecular formula is C14H25CaO8P. The number of phosphoric acid groups is 1. The molecule has 0 aromatic carbocycles. The molecular weight excluding hydrogens is 367 g/mol. The van der Waals surface area contributed by atoms with Gasteiger partial charge in [-0.2, -0.15) is 13.2 Å². The van der Waals surface area contributed by atoms with Crippen molar-refractivity contribution in [3.63, 3.8) is 0 Å². The first-order valence-corrected chi connectivity index (χ1v) is 8.01. The Morgan fingerprint density at radius 3 is 1.25 bits per heavy atom. The molecule has 8 nitrogen and oxygen atoms in total. The molecule has 0 aliphatic carbocycles. The Morgan fingerprint density at radius 1 is 0.917 bits per heavy atom. The Morgan fingerprint density at radius 2 is 1.12 bits per heavy atom. The van der Waals surface area contributed by atoms with Crippen LogP contribution in [0.2, 0.25) is 0 Å².